The summed E-state index contributed by atoms with van der Waals surface area (Å²) in [6.07, 6.45) is 0. The molecule has 0 bridgehead atoms. The van der Waals surface area contributed by atoms with Gasteiger partial charge in [0, 0.05) is 17.2 Å². The van der Waals surface area contributed by atoms with Gasteiger partial charge in [0.15, 0.2) is 0 Å². The van der Waals surface area contributed by atoms with Gasteiger partial charge >= 0.3 is 0 Å². The van der Waals surface area contributed by atoms with Crippen LogP contribution in [0.3, 0.4) is 0 Å². The van der Waals surface area contributed by atoms with E-state index in [9.17, 15) is 0 Å². The molecule has 0 aliphatic rings. The van der Waals surface area contributed by atoms with Gasteiger partial charge in [0.1, 0.15) is 0 Å². The first kappa shape index (κ1) is 14.4. The maximum atomic E-state index is 6.32. The van der Waals surface area contributed by atoms with Crippen LogP contribution in [0, 0.1) is 6.92 Å². The van der Waals surface area contributed by atoms with Crippen LogP contribution < -0.4 is 5.32 Å². The number of rotatable bonds is 5. The lowest BCUT2D eigenvalue weighted by molar-refractivity contribution is 0.803. The molecule has 0 atom stereocenters. The Labute approximate surface area is 124 Å². The minimum Gasteiger partial charge on any atom is -0.316 e. The highest BCUT2D eigenvalue weighted by Gasteiger charge is 2.08. The zero-order valence-electron chi connectivity index (χ0n) is 11.2. The van der Waals surface area contributed by atoms with E-state index in [1.54, 1.807) is 0 Å². The molecule has 100 valence electrons. The van der Waals surface area contributed by atoms with Crippen molar-refractivity contribution in [3.05, 3.63) is 64.2 Å². The van der Waals surface area contributed by atoms with E-state index in [1.165, 1.54) is 21.6 Å². The highest BCUT2D eigenvalue weighted by molar-refractivity contribution is 7.98. The molecule has 0 heterocycles. The van der Waals surface area contributed by atoms with Crippen molar-refractivity contribution in [2.24, 2.45) is 0 Å². The maximum absolute atomic E-state index is 6.32. The van der Waals surface area contributed by atoms with E-state index in [1.807, 2.05) is 30.9 Å². The Balaban J connectivity index is 2.17. The Hall–Kier alpha value is -0.960. The maximum Gasteiger partial charge on any atom is 0.0545 e. The molecule has 0 unspecified atom stereocenters. The molecule has 0 radical (unpaired) electrons. The molecule has 0 spiro atoms. The van der Waals surface area contributed by atoms with Crippen molar-refractivity contribution >= 4 is 23.4 Å². The number of hydrogen-bond acceptors (Lipinski definition) is 2. The van der Waals surface area contributed by atoms with Gasteiger partial charge in [0.2, 0.25) is 0 Å². The fraction of sp³-hybridized carbons (Fsp3) is 0.250. The molecule has 1 N–H and O–H groups in total. The van der Waals surface area contributed by atoms with Crippen LogP contribution in [0.15, 0.2) is 47.4 Å². The summed E-state index contributed by atoms with van der Waals surface area (Å²) in [6, 6.07) is 14.6. The van der Waals surface area contributed by atoms with E-state index in [4.69, 9.17) is 11.6 Å². The van der Waals surface area contributed by atoms with Crippen molar-refractivity contribution < 1.29 is 0 Å². The molecule has 0 saturated heterocycles. The predicted octanol–water partition coefficient (Wildman–Crippen LogP) is 4.66. The quantitative estimate of drug-likeness (QED) is 0.804. The van der Waals surface area contributed by atoms with Crippen molar-refractivity contribution in [3.8, 4) is 0 Å². The normalized spacial score (nSPS) is 10.7. The first-order valence-electron chi connectivity index (χ1n) is 6.31. The van der Waals surface area contributed by atoms with Gasteiger partial charge in [-0.15, -0.1) is 11.8 Å². The van der Waals surface area contributed by atoms with Crippen LogP contribution in [0.2, 0.25) is 5.02 Å². The molecular formula is C16H18ClNS. The lowest BCUT2D eigenvalue weighted by Gasteiger charge is -2.11. The molecule has 2 rings (SSSR count). The lowest BCUT2D eigenvalue weighted by atomic mass is 10.1. The zero-order chi connectivity index (χ0) is 13.7. The summed E-state index contributed by atoms with van der Waals surface area (Å²) in [7, 11) is 1.96. The Bertz CT molecular complexity index is 554. The summed E-state index contributed by atoms with van der Waals surface area (Å²) in [5.41, 5.74) is 3.95. The molecule has 0 aromatic heterocycles. The van der Waals surface area contributed by atoms with Crippen molar-refractivity contribution in [3.63, 3.8) is 0 Å². The zero-order valence-corrected chi connectivity index (χ0v) is 12.8. The number of benzene rings is 2. The van der Waals surface area contributed by atoms with Gasteiger partial charge in [0.25, 0.3) is 0 Å². The Kier molecular flexibility index (Phi) is 5.32. The smallest absolute Gasteiger partial charge is 0.0545 e. The second-order valence-corrected chi connectivity index (χ2v) is 5.87. The number of thioether (sulfide) groups is 1. The Morgan fingerprint density at radius 3 is 2.53 bits per heavy atom. The van der Waals surface area contributed by atoms with Crippen LogP contribution in [-0.4, -0.2) is 7.05 Å². The van der Waals surface area contributed by atoms with E-state index in [-0.39, 0.29) is 0 Å². The monoisotopic (exact) mass is 291 g/mol. The van der Waals surface area contributed by atoms with Gasteiger partial charge in [-0.25, -0.2) is 0 Å². The summed E-state index contributed by atoms with van der Waals surface area (Å²) in [6.45, 7) is 2.99. The summed E-state index contributed by atoms with van der Waals surface area (Å²) < 4.78 is 0. The van der Waals surface area contributed by atoms with Crippen LogP contribution in [-0.2, 0) is 12.3 Å². The summed E-state index contributed by atoms with van der Waals surface area (Å²) in [4.78, 5) is 1.18. The highest BCUT2D eigenvalue weighted by atomic mass is 35.5. The molecule has 2 aromatic carbocycles. The average Bonchev–Trinajstić information content (AvgIpc) is 2.40. The van der Waals surface area contributed by atoms with Crippen molar-refractivity contribution in [2.75, 3.05) is 7.05 Å². The first-order chi connectivity index (χ1) is 9.22. The third kappa shape index (κ3) is 3.75. The summed E-state index contributed by atoms with van der Waals surface area (Å²) in [5, 5.41) is 4.03. The number of nitrogens with one attached hydrogen (secondary N) is 1. The third-order valence-electron chi connectivity index (χ3n) is 3.05. The third-order valence-corrected chi connectivity index (χ3v) is 4.70. The Morgan fingerprint density at radius 1 is 1.05 bits per heavy atom. The minimum absolute atomic E-state index is 0.839. The van der Waals surface area contributed by atoms with Crippen LogP contribution in [0.25, 0.3) is 0 Å². The molecule has 0 amide bonds. The predicted molar refractivity (Wildman–Crippen MR) is 85.0 cm³/mol. The average molecular weight is 292 g/mol. The second kappa shape index (κ2) is 6.99. The van der Waals surface area contributed by atoms with Crippen LogP contribution >= 0.6 is 23.4 Å². The van der Waals surface area contributed by atoms with Gasteiger partial charge in [-0.1, -0.05) is 48.0 Å². The van der Waals surface area contributed by atoms with Crippen LogP contribution in [0.5, 0.6) is 0 Å². The van der Waals surface area contributed by atoms with Crippen LogP contribution in [0.1, 0.15) is 16.7 Å². The van der Waals surface area contributed by atoms with E-state index in [2.05, 4.69) is 42.6 Å². The van der Waals surface area contributed by atoms with Gasteiger partial charge in [-0.3, -0.25) is 0 Å². The number of aryl methyl sites for hydroxylation is 1. The SMILES string of the molecule is CNCc1cccc(Cl)c1SCc1ccccc1C. The second-order valence-electron chi connectivity index (χ2n) is 4.47. The molecule has 3 heteroatoms. The van der Waals surface area contributed by atoms with Crippen molar-refractivity contribution in [2.45, 2.75) is 24.1 Å². The number of hydrogen-bond donors (Lipinski definition) is 1. The minimum atomic E-state index is 0.839. The Morgan fingerprint density at radius 2 is 1.79 bits per heavy atom. The molecule has 0 aliphatic heterocycles. The standard InChI is InChI=1S/C16H18ClNS/c1-12-6-3-4-7-14(12)11-19-16-13(10-18-2)8-5-9-15(16)17/h3-9,18H,10-11H2,1-2H3. The van der Waals surface area contributed by atoms with Crippen molar-refractivity contribution in [1.29, 1.82) is 0 Å². The molecule has 19 heavy (non-hydrogen) atoms. The lowest BCUT2D eigenvalue weighted by Crippen LogP contribution is -2.06. The van der Waals surface area contributed by atoms with Gasteiger partial charge in [0.05, 0.1) is 5.02 Å². The molecule has 2 aromatic rings. The van der Waals surface area contributed by atoms with Crippen LogP contribution in [0.4, 0.5) is 0 Å². The highest BCUT2D eigenvalue weighted by Crippen LogP contribution is 2.33. The first-order valence-corrected chi connectivity index (χ1v) is 7.68. The fourth-order valence-corrected chi connectivity index (χ4v) is 3.48. The van der Waals surface area contributed by atoms with Crippen molar-refractivity contribution in [1.82, 2.24) is 5.32 Å². The molecule has 0 fully saturated rings. The summed E-state index contributed by atoms with van der Waals surface area (Å²) in [5.74, 6) is 0.952. The van der Waals surface area contributed by atoms with Gasteiger partial charge < -0.3 is 5.32 Å². The van der Waals surface area contributed by atoms with Gasteiger partial charge in [-0.2, -0.15) is 0 Å². The number of halogens is 1. The molecule has 0 aliphatic carbocycles. The van der Waals surface area contributed by atoms with Gasteiger partial charge in [-0.05, 0) is 36.7 Å². The largest absolute Gasteiger partial charge is 0.316 e. The van der Waals surface area contributed by atoms with E-state index < -0.39 is 0 Å². The fourth-order valence-electron chi connectivity index (χ4n) is 1.97. The molecule has 0 saturated carbocycles. The molecular weight excluding hydrogens is 274 g/mol. The summed E-state index contributed by atoms with van der Waals surface area (Å²) >= 11 is 8.13. The van der Waals surface area contributed by atoms with E-state index in [0.717, 1.165) is 17.3 Å². The topological polar surface area (TPSA) is 12.0 Å². The van der Waals surface area contributed by atoms with E-state index in [0.29, 0.717) is 0 Å². The van der Waals surface area contributed by atoms with E-state index >= 15 is 0 Å². The molecule has 1 nitrogen and oxygen atoms in total.